The first-order chi connectivity index (χ1) is 20.3. The Kier molecular flexibility index (Phi) is 7.43. The third kappa shape index (κ3) is 5.47. The number of ether oxygens (including phenoxy) is 2. The summed E-state index contributed by atoms with van der Waals surface area (Å²) < 4.78 is 56.5. The summed E-state index contributed by atoms with van der Waals surface area (Å²) >= 11 is 0. The van der Waals surface area contributed by atoms with Crippen LogP contribution in [0.15, 0.2) is 42.5 Å². The van der Waals surface area contributed by atoms with Crippen molar-refractivity contribution in [1.29, 1.82) is 5.26 Å². The van der Waals surface area contributed by atoms with Crippen LogP contribution in [0.3, 0.4) is 0 Å². The van der Waals surface area contributed by atoms with Crippen LogP contribution < -0.4 is 9.64 Å². The number of fused-ring (bicyclic) bond motifs is 1. The molecule has 0 bridgehead atoms. The Labute approximate surface area is 238 Å². The number of nitriles is 1. The van der Waals surface area contributed by atoms with Gasteiger partial charge < -0.3 is 24.0 Å². The van der Waals surface area contributed by atoms with Crippen molar-refractivity contribution in [3.8, 4) is 11.8 Å². The molecule has 0 spiro atoms. The number of hydrogen-bond donors (Lipinski definition) is 1. The molecule has 2 aromatic carbocycles. The molecule has 2 aliphatic rings. The third-order valence-electron chi connectivity index (χ3n) is 7.72. The lowest BCUT2D eigenvalue weighted by Crippen LogP contribution is -2.32. The normalized spacial score (nSPS) is 18.2. The predicted octanol–water partition coefficient (Wildman–Crippen LogP) is 4.86. The molecule has 0 radical (unpaired) electrons. The van der Waals surface area contributed by atoms with Crippen LogP contribution in [0.2, 0.25) is 0 Å². The first-order valence-corrected chi connectivity index (χ1v) is 13.6. The number of carboxylic acid groups (broad SMARTS) is 1. The Morgan fingerprint density at radius 2 is 1.93 bits per heavy atom. The fourth-order valence-corrected chi connectivity index (χ4v) is 5.39. The van der Waals surface area contributed by atoms with Gasteiger partial charge in [0.2, 0.25) is 0 Å². The van der Waals surface area contributed by atoms with Crippen molar-refractivity contribution in [3.63, 3.8) is 0 Å². The Balaban J connectivity index is 1.18. The number of carbonyl (C=O) groups is 1. The minimum Gasteiger partial charge on any atom is -0.484 e. The maximum absolute atomic E-state index is 14.9. The van der Waals surface area contributed by atoms with E-state index < -0.39 is 23.4 Å². The topological polar surface area (TPSA) is 114 Å². The van der Waals surface area contributed by atoms with Gasteiger partial charge in [0.15, 0.2) is 17.4 Å². The van der Waals surface area contributed by atoms with E-state index in [1.807, 2.05) is 15.5 Å². The van der Waals surface area contributed by atoms with Gasteiger partial charge in [-0.2, -0.15) is 5.26 Å². The van der Waals surface area contributed by atoms with Crippen LogP contribution in [0.5, 0.6) is 5.75 Å². The van der Waals surface area contributed by atoms with Crippen molar-refractivity contribution in [3.05, 3.63) is 82.6 Å². The lowest BCUT2D eigenvalue weighted by molar-refractivity contribution is -0.0590. The summed E-state index contributed by atoms with van der Waals surface area (Å²) in [6.45, 7) is 2.05. The van der Waals surface area contributed by atoms with E-state index in [9.17, 15) is 23.1 Å². The molecule has 2 atom stereocenters. The minimum atomic E-state index is -1.21. The molecule has 0 aliphatic carbocycles. The summed E-state index contributed by atoms with van der Waals surface area (Å²) in [4.78, 5) is 22.6. The molecule has 1 N–H and O–H groups in total. The van der Waals surface area contributed by atoms with Crippen LogP contribution in [0.25, 0.3) is 11.0 Å². The molecule has 4 heterocycles. The molecule has 0 saturated carbocycles. The maximum Gasteiger partial charge on any atom is 0.335 e. The van der Waals surface area contributed by atoms with Gasteiger partial charge in [0.1, 0.15) is 35.3 Å². The van der Waals surface area contributed by atoms with E-state index in [0.29, 0.717) is 49.8 Å². The zero-order valence-corrected chi connectivity index (χ0v) is 22.4. The van der Waals surface area contributed by atoms with Crippen LogP contribution >= 0.6 is 0 Å². The van der Waals surface area contributed by atoms with E-state index in [0.717, 1.165) is 25.0 Å². The first-order valence-electron chi connectivity index (χ1n) is 13.6. The molecule has 6 rings (SSSR count). The van der Waals surface area contributed by atoms with Gasteiger partial charge in [0, 0.05) is 26.1 Å². The van der Waals surface area contributed by atoms with E-state index in [-0.39, 0.29) is 46.7 Å². The van der Waals surface area contributed by atoms with Gasteiger partial charge in [0.05, 0.1) is 35.4 Å². The van der Waals surface area contributed by atoms with Gasteiger partial charge in [-0.15, -0.1) is 0 Å². The first kappa shape index (κ1) is 27.5. The van der Waals surface area contributed by atoms with Gasteiger partial charge >= 0.3 is 5.97 Å². The standard InChI is InChI=1S/C30H26F3N5O4/c31-21-2-4-27(35-24(21)16-42-26-3-1-17(13-34)9-22(26)32)37-7-5-18(14-37)10-28-36-29-23(33)11-19(30(39)40)12-25(29)38(28)15-20-6-8-41-20/h1-4,9,11-12,18,20H,5-8,10,14-16H2,(H,39,40)/t18-,20+/m1/s1. The predicted molar refractivity (Wildman–Crippen MR) is 145 cm³/mol. The zero-order chi connectivity index (χ0) is 29.4. The number of benzene rings is 2. The van der Waals surface area contributed by atoms with E-state index in [1.54, 1.807) is 6.07 Å². The fraction of sp³-hybridized carbons (Fsp3) is 0.333. The van der Waals surface area contributed by atoms with Gasteiger partial charge in [-0.3, -0.25) is 0 Å². The number of aromatic nitrogens is 3. The molecular weight excluding hydrogens is 551 g/mol. The summed E-state index contributed by atoms with van der Waals surface area (Å²) in [7, 11) is 0. The van der Waals surface area contributed by atoms with Gasteiger partial charge in [0.25, 0.3) is 0 Å². The molecule has 4 aromatic rings. The van der Waals surface area contributed by atoms with Crippen LogP contribution in [0.1, 0.15) is 40.3 Å². The van der Waals surface area contributed by atoms with Gasteiger partial charge in [-0.05, 0) is 61.2 Å². The molecule has 9 nitrogen and oxygen atoms in total. The zero-order valence-electron chi connectivity index (χ0n) is 22.4. The van der Waals surface area contributed by atoms with Crippen molar-refractivity contribution >= 4 is 22.8 Å². The average Bonchev–Trinajstić information content (AvgIpc) is 3.55. The van der Waals surface area contributed by atoms with Crippen LogP contribution in [0.4, 0.5) is 19.0 Å². The van der Waals surface area contributed by atoms with E-state index in [4.69, 9.17) is 14.7 Å². The quantitative estimate of drug-likeness (QED) is 0.300. The molecule has 2 aromatic heterocycles. The van der Waals surface area contributed by atoms with Crippen molar-refractivity contribution < 1.29 is 32.5 Å². The monoisotopic (exact) mass is 577 g/mol. The lowest BCUT2D eigenvalue weighted by atomic mass is 10.0. The lowest BCUT2D eigenvalue weighted by Gasteiger charge is -2.28. The van der Waals surface area contributed by atoms with Gasteiger partial charge in [-0.1, -0.05) is 0 Å². The minimum absolute atomic E-state index is 0.0201. The summed E-state index contributed by atoms with van der Waals surface area (Å²) in [6.07, 6.45) is 2.12. The SMILES string of the molecule is N#Cc1ccc(OCc2nc(N3CC[C@H](Cc4nc5c(F)cc(C(=O)O)cc5n4C[C@@H]4CCO4)C3)ccc2F)c(F)c1. The smallest absolute Gasteiger partial charge is 0.335 e. The number of hydrogen-bond acceptors (Lipinski definition) is 7. The number of anilines is 1. The molecule has 2 aliphatic heterocycles. The highest BCUT2D eigenvalue weighted by atomic mass is 19.1. The second kappa shape index (κ2) is 11.3. The molecule has 0 amide bonds. The average molecular weight is 578 g/mol. The molecule has 2 saturated heterocycles. The fourth-order valence-electron chi connectivity index (χ4n) is 5.39. The van der Waals surface area contributed by atoms with E-state index in [1.165, 1.54) is 24.3 Å². The van der Waals surface area contributed by atoms with Gasteiger partial charge in [-0.25, -0.2) is 27.9 Å². The molecule has 0 unspecified atom stereocenters. The van der Waals surface area contributed by atoms with Crippen LogP contribution in [-0.4, -0.2) is 51.4 Å². The largest absolute Gasteiger partial charge is 0.484 e. The third-order valence-corrected chi connectivity index (χ3v) is 7.72. The highest BCUT2D eigenvalue weighted by Crippen LogP contribution is 2.30. The molecule has 12 heteroatoms. The van der Waals surface area contributed by atoms with E-state index >= 15 is 0 Å². The number of imidazole rings is 1. The van der Waals surface area contributed by atoms with Crippen molar-refractivity contribution in [1.82, 2.24) is 14.5 Å². The van der Waals surface area contributed by atoms with Crippen LogP contribution in [-0.2, 0) is 24.3 Å². The van der Waals surface area contributed by atoms with E-state index in [2.05, 4.69) is 9.97 Å². The molecular formula is C30H26F3N5O4. The highest BCUT2D eigenvalue weighted by molar-refractivity contribution is 5.92. The number of carboxylic acids is 1. The van der Waals surface area contributed by atoms with Crippen molar-refractivity contribution in [2.45, 2.75) is 38.5 Å². The summed E-state index contributed by atoms with van der Waals surface area (Å²) in [5.74, 6) is -1.98. The number of rotatable bonds is 9. The molecule has 42 heavy (non-hydrogen) atoms. The molecule has 216 valence electrons. The van der Waals surface area contributed by atoms with Crippen molar-refractivity contribution in [2.75, 3.05) is 24.6 Å². The molecule has 2 fully saturated rings. The number of pyridine rings is 1. The van der Waals surface area contributed by atoms with Crippen molar-refractivity contribution in [2.24, 2.45) is 5.92 Å². The number of aromatic carboxylic acids is 1. The Morgan fingerprint density at radius 1 is 1.10 bits per heavy atom. The Bertz CT molecular complexity index is 1720. The maximum atomic E-state index is 14.9. The number of nitrogens with zero attached hydrogens (tertiary/aromatic N) is 5. The summed E-state index contributed by atoms with van der Waals surface area (Å²) in [5, 5.41) is 18.3. The highest BCUT2D eigenvalue weighted by Gasteiger charge is 2.29. The Morgan fingerprint density at radius 3 is 2.64 bits per heavy atom. The number of halogens is 3. The second-order valence-electron chi connectivity index (χ2n) is 10.5. The summed E-state index contributed by atoms with van der Waals surface area (Å²) in [5.41, 5.74) is 0.589. The second-order valence-corrected chi connectivity index (χ2v) is 10.5. The summed E-state index contributed by atoms with van der Waals surface area (Å²) in [6, 6.07) is 10.9. The Hall–Kier alpha value is -4.63. The van der Waals surface area contributed by atoms with Crippen LogP contribution in [0, 0.1) is 34.7 Å².